The summed E-state index contributed by atoms with van der Waals surface area (Å²) in [6, 6.07) is 8.33. The van der Waals surface area contributed by atoms with Crippen molar-refractivity contribution in [3.8, 4) is 5.75 Å². The zero-order chi connectivity index (χ0) is 14.7. The van der Waals surface area contributed by atoms with E-state index in [1.165, 1.54) is 5.56 Å². The van der Waals surface area contributed by atoms with E-state index in [-0.39, 0.29) is 11.9 Å². The first-order chi connectivity index (χ1) is 10.2. The van der Waals surface area contributed by atoms with Crippen LogP contribution in [0.5, 0.6) is 5.75 Å². The van der Waals surface area contributed by atoms with Crippen LogP contribution in [-0.2, 0) is 16.0 Å². The molecule has 1 aromatic rings. The van der Waals surface area contributed by atoms with Crippen molar-refractivity contribution < 1.29 is 14.2 Å². The highest BCUT2D eigenvalue weighted by molar-refractivity contribution is 5.33. The van der Waals surface area contributed by atoms with Crippen molar-refractivity contribution in [3.05, 3.63) is 29.8 Å². The molecule has 0 N–H and O–H groups in total. The minimum absolute atomic E-state index is 0.205. The van der Waals surface area contributed by atoms with Gasteiger partial charge in [0.2, 0.25) is 0 Å². The Morgan fingerprint density at radius 1 is 1.14 bits per heavy atom. The third kappa shape index (κ3) is 3.57. The molecule has 0 radical (unpaired) electrons. The molecule has 0 bridgehead atoms. The fraction of sp³-hybridized carbons (Fsp3) is 0.647. The van der Waals surface area contributed by atoms with Gasteiger partial charge in [-0.3, -0.25) is 4.90 Å². The molecule has 0 saturated carbocycles. The summed E-state index contributed by atoms with van der Waals surface area (Å²) >= 11 is 0. The van der Waals surface area contributed by atoms with Crippen LogP contribution in [0.1, 0.15) is 32.3 Å². The van der Waals surface area contributed by atoms with E-state index in [2.05, 4.69) is 36.9 Å². The number of nitrogens with zero attached hydrogens (tertiary/aromatic N) is 1. The van der Waals surface area contributed by atoms with Gasteiger partial charge < -0.3 is 14.2 Å². The Bertz CT molecular complexity index is 459. The molecule has 116 valence electrons. The van der Waals surface area contributed by atoms with Gasteiger partial charge in [0.1, 0.15) is 5.75 Å². The number of hydrogen-bond donors (Lipinski definition) is 0. The second kappa shape index (κ2) is 6.34. The highest BCUT2D eigenvalue weighted by atomic mass is 16.7. The third-order valence-electron chi connectivity index (χ3n) is 4.16. The molecule has 0 aromatic heterocycles. The van der Waals surface area contributed by atoms with E-state index in [1.54, 1.807) is 0 Å². The standard InChI is InChI=1S/C17H25NO3/c1-14(2)21-16-6-4-3-5-15(16)13-18-9-7-17(8-10-18)19-11-12-20-17/h3-6,14H,7-13H2,1-2H3. The average molecular weight is 291 g/mol. The van der Waals surface area contributed by atoms with Crippen molar-refractivity contribution >= 4 is 0 Å². The highest BCUT2D eigenvalue weighted by Crippen LogP contribution is 2.32. The first kappa shape index (κ1) is 14.8. The van der Waals surface area contributed by atoms with Gasteiger partial charge in [0.05, 0.1) is 19.3 Å². The molecule has 0 atom stereocenters. The minimum atomic E-state index is -0.287. The molecule has 2 heterocycles. The number of benzene rings is 1. The van der Waals surface area contributed by atoms with Crippen LogP contribution < -0.4 is 4.74 Å². The molecular weight excluding hydrogens is 266 g/mol. The van der Waals surface area contributed by atoms with E-state index in [4.69, 9.17) is 14.2 Å². The van der Waals surface area contributed by atoms with E-state index < -0.39 is 0 Å². The summed E-state index contributed by atoms with van der Waals surface area (Å²) in [5, 5.41) is 0. The second-order valence-electron chi connectivity index (χ2n) is 6.16. The van der Waals surface area contributed by atoms with Crippen LogP contribution in [0.25, 0.3) is 0 Å². The molecule has 2 fully saturated rings. The van der Waals surface area contributed by atoms with Crippen molar-refractivity contribution in [1.29, 1.82) is 0 Å². The lowest BCUT2D eigenvalue weighted by atomic mass is 10.0. The largest absolute Gasteiger partial charge is 0.491 e. The third-order valence-corrected chi connectivity index (χ3v) is 4.16. The summed E-state index contributed by atoms with van der Waals surface area (Å²) in [6.45, 7) is 8.56. The molecule has 2 aliphatic heterocycles. The fourth-order valence-electron chi connectivity index (χ4n) is 3.08. The number of piperidine rings is 1. The molecule has 3 rings (SSSR count). The lowest BCUT2D eigenvalue weighted by Gasteiger charge is -2.37. The van der Waals surface area contributed by atoms with Crippen LogP contribution in [0, 0.1) is 0 Å². The first-order valence-corrected chi connectivity index (χ1v) is 7.92. The van der Waals surface area contributed by atoms with Crippen molar-refractivity contribution in [2.45, 2.75) is 45.1 Å². The zero-order valence-corrected chi connectivity index (χ0v) is 13.0. The summed E-state index contributed by atoms with van der Waals surface area (Å²) in [4.78, 5) is 2.46. The molecule has 2 aliphatic rings. The van der Waals surface area contributed by atoms with Gasteiger partial charge in [-0.1, -0.05) is 18.2 Å². The molecule has 21 heavy (non-hydrogen) atoms. The van der Waals surface area contributed by atoms with E-state index in [0.29, 0.717) is 0 Å². The van der Waals surface area contributed by atoms with Crippen LogP contribution in [0.4, 0.5) is 0 Å². The number of rotatable bonds is 4. The first-order valence-electron chi connectivity index (χ1n) is 7.92. The quantitative estimate of drug-likeness (QED) is 0.853. The van der Waals surface area contributed by atoms with Crippen LogP contribution in [0.15, 0.2) is 24.3 Å². The maximum absolute atomic E-state index is 5.90. The Morgan fingerprint density at radius 2 is 1.81 bits per heavy atom. The topological polar surface area (TPSA) is 30.9 Å². The summed E-state index contributed by atoms with van der Waals surface area (Å²) in [5.41, 5.74) is 1.26. The Labute approximate surface area is 127 Å². The van der Waals surface area contributed by atoms with Gasteiger partial charge in [-0.15, -0.1) is 0 Å². The van der Waals surface area contributed by atoms with E-state index in [1.807, 2.05) is 6.07 Å². The summed E-state index contributed by atoms with van der Waals surface area (Å²) in [7, 11) is 0. The number of ether oxygens (including phenoxy) is 3. The van der Waals surface area contributed by atoms with Gasteiger partial charge >= 0.3 is 0 Å². The van der Waals surface area contributed by atoms with Gasteiger partial charge in [0.15, 0.2) is 5.79 Å². The number of para-hydroxylation sites is 1. The lowest BCUT2D eigenvalue weighted by molar-refractivity contribution is -0.185. The Morgan fingerprint density at radius 3 is 2.48 bits per heavy atom. The van der Waals surface area contributed by atoms with Crippen molar-refractivity contribution in [2.75, 3.05) is 26.3 Å². The number of likely N-dealkylation sites (tertiary alicyclic amines) is 1. The molecule has 0 unspecified atom stereocenters. The van der Waals surface area contributed by atoms with Crippen molar-refractivity contribution in [1.82, 2.24) is 4.90 Å². The molecule has 0 amide bonds. The Kier molecular flexibility index (Phi) is 4.48. The maximum atomic E-state index is 5.90. The molecule has 4 nitrogen and oxygen atoms in total. The molecular formula is C17H25NO3. The van der Waals surface area contributed by atoms with Crippen LogP contribution in [0.3, 0.4) is 0 Å². The average Bonchev–Trinajstić information content (AvgIpc) is 2.92. The Balaban J connectivity index is 1.60. The maximum Gasteiger partial charge on any atom is 0.170 e. The smallest absolute Gasteiger partial charge is 0.170 e. The fourth-order valence-corrected chi connectivity index (χ4v) is 3.08. The van der Waals surface area contributed by atoms with Crippen molar-refractivity contribution in [3.63, 3.8) is 0 Å². The number of hydrogen-bond acceptors (Lipinski definition) is 4. The Hall–Kier alpha value is -1.10. The molecule has 0 aliphatic carbocycles. The predicted molar refractivity (Wildman–Crippen MR) is 81.4 cm³/mol. The van der Waals surface area contributed by atoms with E-state index >= 15 is 0 Å². The van der Waals surface area contributed by atoms with E-state index in [0.717, 1.165) is 51.4 Å². The van der Waals surface area contributed by atoms with Crippen LogP contribution in [0.2, 0.25) is 0 Å². The van der Waals surface area contributed by atoms with Gasteiger partial charge in [0.25, 0.3) is 0 Å². The van der Waals surface area contributed by atoms with Gasteiger partial charge in [-0.05, 0) is 19.9 Å². The van der Waals surface area contributed by atoms with Gasteiger partial charge in [0, 0.05) is 38.0 Å². The van der Waals surface area contributed by atoms with Crippen LogP contribution >= 0.6 is 0 Å². The monoisotopic (exact) mass is 291 g/mol. The molecule has 2 saturated heterocycles. The van der Waals surface area contributed by atoms with Gasteiger partial charge in [-0.25, -0.2) is 0 Å². The molecule has 1 spiro atoms. The van der Waals surface area contributed by atoms with Crippen molar-refractivity contribution in [2.24, 2.45) is 0 Å². The summed E-state index contributed by atoms with van der Waals surface area (Å²) in [5.74, 6) is 0.714. The van der Waals surface area contributed by atoms with Gasteiger partial charge in [-0.2, -0.15) is 0 Å². The molecule has 1 aromatic carbocycles. The zero-order valence-electron chi connectivity index (χ0n) is 13.0. The van der Waals surface area contributed by atoms with Crippen LogP contribution in [-0.4, -0.2) is 43.1 Å². The minimum Gasteiger partial charge on any atom is -0.491 e. The predicted octanol–water partition coefficient (Wildman–Crippen LogP) is 2.81. The SMILES string of the molecule is CC(C)Oc1ccccc1CN1CCC2(CC1)OCCO2. The summed E-state index contributed by atoms with van der Waals surface area (Å²) in [6.07, 6.45) is 2.12. The van der Waals surface area contributed by atoms with E-state index in [9.17, 15) is 0 Å². The lowest BCUT2D eigenvalue weighted by Crippen LogP contribution is -2.44. The normalized spacial score (nSPS) is 22.0. The second-order valence-corrected chi connectivity index (χ2v) is 6.16. The molecule has 4 heteroatoms. The highest BCUT2D eigenvalue weighted by Gasteiger charge is 2.39. The summed E-state index contributed by atoms with van der Waals surface area (Å²) < 4.78 is 17.5.